The number of rotatable bonds is 3. The maximum Gasteiger partial charge on any atom is 0.274 e. The zero-order chi connectivity index (χ0) is 15.4. The molecule has 3 rings (SSSR count). The van der Waals surface area contributed by atoms with E-state index in [1.165, 1.54) is 0 Å². The Labute approximate surface area is 128 Å². The van der Waals surface area contributed by atoms with Crippen LogP contribution in [0.2, 0.25) is 0 Å². The molecule has 7 heteroatoms. The zero-order valence-electron chi connectivity index (χ0n) is 12.2. The molecule has 1 fully saturated rings. The largest absolute Gasteiger partial charge is 0.382 e. The van der Waals surface area contributed by atoms with Crippen LogP contribution in [0.5, 0.6) is 0 Å². The van der Waals surface area contributed by atoms with Crippen molar-refractivity contribution in [1.29, 1.82) is 0 Å². The van der Waals surface area contributed by atoms with E-state index in [2.05, 4.69) is 20.2 Å². The lowest BCUT2D eigenvalue weighted by atomic mass is 9.93. The van der Waals surface area contributed by atoms with Gasteiger partial charge in [0, 0.05) is 31.7 Å². The van der Waals surface area contributed by atoms with Crippen molar-refractivity contribution in [2.45, 2.75) is 19.3 Å². The van der Waals surface area contributed by atoms with Crippen LogP contribution in [0.4, 0.5) is 5.82 Å². The van der Waals surface area contributed by atoms with Gasteiger partial charge in [-0.2, -0.15) is 5.10 Å². The molecule has 0 bridgehead atoms. The number of carbonyl (C=O) groups is 1. The van der Waals surface area contributed by atoms with Crippen molar-refractivity contribution < 1.29 is 4.79 Å². The Balaban J connectivity index is 1.67. The third-order valence-electron chi connectivity index (χ3n) is 3.89. The fourth-order valence-corrected chi connectivity index (χ4v) is 2.80. The van der Waals surface area contributed by atoms with E-state index >= 15 is 0 Å². The number of aromatic nitrogens is 4. The second kappa shape index (κ2) is 6.46. The van der Waals surface area contributed by atoms with Gasteiger partial charge in [0.2, 0.25) is 0 Å². The van der Waals surface area contributed by atoms with E-state index < -0.39 is 0 Å². The highest BCUT2D eigenvalue weighted by atomic mass is 16.2. The number of nitrogens with zero attached hydrogens (tertiary/aromatic N) is 5. The van der Waals surface area contributed by atoms with Crippen molar-refractivity contribution in [3.63, 3.8) is 0 Å². The minimum Gasteiger partial charge on any atom is -0.382 e. The second-order valence-electron chi connectivity index (χ2n) is 5.46. The fraction of sp³-hybridized carbons (Fsp3) is 0.400. The molecule has 114 valence electrons. The van der Waals surface area contributed by atoms with E-state index in [0.717, 1.165) is 31.5 Å². The molecule has 7 nitrogen and oxygen atoms in total. The van der Waals surface area contributed by atoms with Crippen LogP contribution in [-0.4, -0.2) is 44.1 Å². The number of hydrogen-bond acceptors (Lipinski definition) is 6. The molecule has 22 heavy (non-hydrogen) atoms. The van der Waals surface area contributed by atoms with Gasteiger partial charge in [-0.05, 0) is 37.3 Å². The SMILES string of the molecule is Nc1nccnc1CC1CCCN(C(=O)c2cccnn2)C1. The smallest absolute Gasteiger partial charge is 0.274 e. The summed E-state index contributed by atoms with van der Waals surface area (Å²) < 4.78 is 0. The van der Waals surface area contributed by atoms with Gasteiger partial charge < -0.3 is 10.6 Å². The highest BCUT2D eigenvalue weighted by molar-refractivity contribution is 5.92. The molecule has 1 unspecified atom stereocenters. The molecule has 0 aliphatic carbocycles. The Kier molecular flexibility index (Phi) is 4.22. The molecule has 0 saturated carbocycles. The van der Waals surface area contributed by atoms with Crippen molar-refractivity contribution >= 4 is 11.7 Å². The molecule has 1 saturated heterocycles. The summed E-state index contributed by atoms with van der Waals surface area (Å²) in [6.45, 7) is 1.44. The third kappa shape index (κ3) is 3.19. The number of nitrogen functional groups attached to an aromatic ring is 1. The summed E-state index contributed by atoms with van der Waals surface area (Å²) >= 11 is 0. The molecule has 0 aromatic carbocycles. The Bertz CT molecular complexity index is 647. The highest BCUT2D eigenvalue weighted by Crippen LogP contribution is 2.22. The van der Waals surface area contributed by atoms with Crippen LogP contribution in [0.15, 0.2) is 30.7 Å². The summed E-state index contributed by atoms with van der Waals surface area (Å²) in [5, 5.41) is 7.66. The quantitative estimate of drug-likeness (QED) is 0.905. The summed E-state index contributed by atoms with van der Waals surface area (Å²) in [4.78, 5) is 22.6. The molecule has 3 heterocycles. The van der Waals surface area contributed by atoms with Gasteiger partial charge in [0.05, 0.1) is 5.69 Å². The van der Waals surface area contributed by atoms with Gasteiger partial charge in [-0.15, -0.1) is 5.10 Å². The van der Waals surface area contributed by atoms with Gasteiger partial charge >= 0.3 is 0 Å². The lowest BCUT2D eigenvalue weighted by molar-refractivity contribution is 0.0665. The number of likely N-dealkylation sites (tertiary alicyclic amines) is 1. The summed E-state index contributed by atoms with van der Waals surface area (Å²) in [6, 6.07) is 3.42. The first-order valence-corrected chi connectivity index (χ1v) is 7.36. The minimum absolute atomic E-state index is 0.0649. The topological polar surface area (TPSA) is 97.9 Å². The Hall–Kier alpha value is -2.57. The number of piperidine rings is 1. The van der Waals surface area contributed by atoms with Crippen LogP contribution in [0.1, 0.15) is 29.0 Å². The maximum absolute atomic E-state index is 12.4. The van der Waals surface area contributed by atoms with E-state index in [9.17, 15) is 4.79 Å². The highest BCUT2D eigenvalue weighted by Gasteiger charge is 2.26. The van der Waals surface area contributed by atoms with Crippen LogP contribution in [0, 0.1) is 5.92 Å². The Morgan fingerprint density at radius 3 is 2.95 bits per heavy atom. The van der Waals surface area contributed by atoms with Crippen molar-refractivity contribution in [3.05, 3.63) is 42.1 Å². The molecule has 1 amide bonds. The molecule has 2 aromatic rings. The van der Waals surface area contributed by atoms with Gasteiger partial charge in [-0.25, -0.2) is 4.98 Å². The number of anilines is 1. The molecule has 1 aliphatic heterocycles. The fourth-order valence-electron chi connectivity index (χ4n) is 2.80. The first kappa shape index (κ1) is 14.4. The second-order valence-corrected chi connectivity index (χ2v) is 5.46. The average Bonchev–Trinajstić information content (AvgIpc) is 2.57. The number of hydrogen-bond donors (Lipinski definition) is 1. The van der Waals surface area contributed by atoms with Crippen molar-refractivity contribution in [3.8, 4) is 0 Å². The molecule has 0 spiro atoms. The van der Waals surface area contributed by atoms with E-state index in [0.29, 0.717) is 24.0 Å². The van der Waals surface area contributed by atoms with Crippen LogP contribution in [0.3, 0.4) is 0 Å². The molecular formula is C15H18N6O. The van der Waals surface area contributed by atoms with E-state index in [1.807, 2.05) is 4.90 Å². The molecule has 0 radical (unpaired) electrons. The van der Waals surface area contributed by atoms with Gasteiger partial charge in [0.1, 0.15) is 5.82 Å². The predicted molar refractivity (Wildman–Crippen MR) is 80.8 cm³/mol. The average molecular weight is 298 g/mol. The van der Waals surface area contributed by atoms with Crippen molar-refractivity contribution in [2.24, 2.45) is 5.92 Å². The van der Waals surface area contributed by atoms with Crippen molar-refractivity contribution in [1.82, 2.24) is 25.1 Å². The van der Waals surface area contributed by atoms with Crippen molar-refractivity contribution in [2.75, 3.05) is 18.8 Å². The van der Waals surface area contributed by atoms with Crippen LogP contribution >= 0.6 is 0 Å². The molecule has 2 aromatic heterocycles. The predicted octanol–water partition coefficient (Wildman–Crippen LogP) is 0.944. The van der Waals surface area contributed by atoms with E-state index in [4.69, 9.17) is 5.73 Å². The normalized spacial score (nSPS) is 18.2. The van der Waals surface area contributed by atoms with E-state index in [1.54, 1.807) is 30.7 Å². The van der Waals surface area contributed by atoms with Gasteiger partial charge in [0.15, 0.2) is 5.69 Å². The summed E-state index contributed by atoms with van der Waals surface area (Å²) in [6.07, 6.45) is 7.56. The first-order chi connectivity index (χ1) is 10.7. The van der Waals surface area contributed by atoms with E-state index in [-0.39, 0.29) is 5.91 Å². The van der Waals surface area contributed by atoms with Crippen LogP contribution < -0.4 is 5.73 Å². The zero-order valence-corrected chi connectivity index (χ0v) is 12.2. The standard InChI is InChI=1S/C15H18N6O/c16-14-13(17-6-7-18-14)9-11-3-2-8-21(10-11)15(22)12-4-1-5-19-20-12/h1,4-7,11H,2-3,8-10H2,(H2,16,18). The minimum atomic E-state index is -0.0649. The van der Waals surface area contributed by atoms with Gasteiger partial charge in [-0.3, -0.25) is 9.78 Å². The maximum atomic E-state index is 12.4. The summed E-state index contributed by atoms with van der Waals surface area (Å²) in [5.74, 6) is 0.748. The number of amides is 1. The lowest BCUT2D eigenvalue weighted by Crippen LogP contribution is -2.41. The van der Waals surface area contributed by atoms with Gasteiger partial charge in [-0.1, -0.05) is 0 Å². The number of nitrogens with two attached hydrogens (primary N) is 1. The van der Waals surface area contributed by atoms with Gasteiger partial charge in [0.25, 0.3) is 5.91 Å². The Morgan fingerprint density at radius 2 is 2.18 bits per heavy atom. The van der Waals surface area contributed by atoms with Crippen LogP contribution in [0.25, 0.3) is 0 Å². The molecule has 1 aliphatic rings. The first-order valence-electron chi connectivity index (χ1n) is 7.36. The number of carbonyl (C=O) groups excluding carboxylic acids is 1. The molecule has 2 N–H and O–H groups in total. The molecule has 1 atom stereocenters. The summed E-state index contributed by atoms with van der Waals surface area (Å²) in [5.41, 5.74) is 7.05. The Morgan fingerprint density at radius 1 is 1.32 bits per heavy atom. The lowest BCUT2D eigenvalue weighted by Gasteiger charge is -2.32. The molecular weight excluding hydrogens is 280 g/mol. The summed E-state index contributed by atoms with van der Waals surface area (Å²) in [7, 11) is 0. The van der Waals surface area contributed by atoms with Crippen LogP contribution in [-0.2, 0) is 6.42 Å². The monoisotopic (exact) mass is 298 g/mol. The third-order valence-corrected chi connectivity index (χ3v) is 3.89.